The maximum absolute atomic E-state index is 10.6. The lowest BCUT2D eigenvalue weighted by molar-refractivity contribution is -0.135. The molecule has 2 heterocycles. The molecule has 0 radical (unpaired) electrons. The molecule has 16 heavy (non-hydrogen) atoms. The lowest BCUT2D eigenvalue weighted by atomic mass is 9.75. The molecule has 3 unspecified atom stereocenters. The number of carbonyl (C=O) groups is 1. The van der Waals surface area contributed by atoms with Crippen LogP contribution in [0.2, 0.25) is 0 Å². The molecular weight excluding hydrogens is 224 g/mol. The van der Waals surface area contributed by atoms with Crippen molar-refractivity contribution < 1.29 is 14.6 Å². The number of carbonyl (C=O) groups excluding carboxylic acids is 1. The van der Waals surface area contributed by atoms with Crippen molar-refractivity contribution in [2.75, 3.05) is 18.1 Å². The summed E-state index contributed by atoms with van der Waals surface area (Å²) in [6.07, 6.45) is 3.92. The van der Waals surface area contributed by atoms with Gasteiger partial charge in [0.15, 0.2) is 0 Å². The van der Waals surface area contributed by atoms with Gasteiger partial charge in [-0.05, 0) is 37.9 Å². The summed E-state index contributed by atoms with van der Waals surface area (Å²) in [6.45, 7) is 2.51. The molecule has 2 aliphatic heterocycles. The largest absolute Gasteiger partial charge is 0.389 e. The molecular formula is C12H20O3S. The molecule has 0 saturated carbocycles. The Morgan fingerprint density at radius 1 is 1.69 bits per heavy atom. The van der Waals surface area contributed by atoms with Gasteiger partial charge in [0, 0.05) is 18.8 Å². The van der Waals surface area contributed by atoms with Gasteiger partial charge in [0.1, 0.15) is 6.29 Å². The molecule has 0 amide bonds. The standard InChI is InChI=1S/C12H20O3S/c1-11(14,3-5-13)10-2-6-15-12(8-10)4-7-16-9-12/h5,10,14H,2-4,6-9H2,1H3. The highest BCUT2D eigenvalue weighted by molar-refractivity contribution is 7.99. The van der Waals surface area contributed by atoms with Gasteiger partial charge in [-0.25, -0.2) is 0 Å². The van der Waals surface area contributed by atoms with Crippen LogP contribution in [0.4, 0.5) is 0 Å². The van der Waals surface area contributed by atoms with Gasteiger partial charge in [-0.15, -0.1) is 0 Å². The van der Waals surface area contributed by atoms with E-state index in [2.05, 4.69) is 0 Å². The number of aldehydes is 1. The fourth-order valence-corrected chi connectivity index (χ4v) is 4.14. The van der Waals surface area contributed by atoms with Gasteiger partial charge >= 0.3 is 0 Å². The van der Waals surface area contributed by atoms with Crippen molar-refractivity contribution in [3.63, 3.8) is 0 Å². The van der Waals surface area contributed by atoms with Crippen molar-refractivity contribution in [1.29, 1.82) is 0 Å². The zero-order valence-electron chi connectivity index (χ0n) is 9.78. The number of aliphatic hydroxyl groups is 1. The van der Waals surface area contributed by atoms with Crippen molar-refractivity contribution in [3.8, 4) is 0 Å². The highest BCUT2D eigenvalue weighted by atomic mass is 32.2. The fourth-order valence-electron chi connectivity index (χ4n) is 2.76. The molecule has 0 aromatic carbocycles. The summed E-state index contributed by atoms with van der Waals surface area (Å²) in [5.41, 5.74) is -0.869. The van der Waals surface area contributed by atoms with E-state index >= 15 is 0 Å². The molecule has 2 saturated heterocycles. The zero-order chi connectivity index (χ0) is 11.6. The second kappa shape index (κ2) is 4.67. The van der Waals surface area contributed by atoms with Gasteiger partial charge in [-0.1, -0.05) is 0 Å². The summed E-state index contributed by atoms with van der Waals surface area (Å²) in [5.74, 6) is 2.40. The van der Waals surface area contributed by atoms with E-state index in [-0.39, 0.29) is 17.9 Å². The molecule has 0 aromatic heterocycles. The Morgan fingerprint density at radius 3 is 3.12 bits per heavy atom. The number of thioether (sulfide) groups is 1. The van der Waals surface area contributed by atoms with Crippen LogP contribution in [0.25, 0.3) is 0 Å². The molecule has 1 N–H and O–H groups in total. The van der Waals surface area contributed by atoms with Crippen molar-refractivity contribution >= 4 is 18.0 Å². The van der Waals surface area contributed by atoms with E-state index in [0.717, 1.165) is 43.7 Å². The maximum Gasteiger partial charge on any atom is 0.122 e. The highest BCUT2D eigenvalue weighted by Crippen LogP contribution is 2.43. The molecule has 4 heteroatoms. The minimum Gasteiger partial charge on any atom is -0.389 e. The molecule has 3 atom stereocenters. The van der Waals surface area contributed by atoms with Crippen LogP contribution in [0.15, 0.2) is 0 Å². The average molecular weight is 244 g/mol. The Balaban J connectivity index is 2.03. The summed E-state index contributed by atoms with van der Waals surface area (Å²) in [5, 5.41) is 10.3. The predicted molar refractivity (Wildman–Crippen MR) is 64.7 cm³/mol. The van der Waals surface area contributed by atoms with Gasteiger partial charge < -0.3 is 14.6 Å². The van der Waals surface area contributed by atoms with Crippen molar-refractivity contribution in [2.45, 2.75) is 43.8 Å². The van der Waals surface area contributed by atoms with E-state index in [1.165, 1.54) is 0 Å². The molecule has 0 bridgehead atoms. The summed E-state index contributed by atoms with van der Waals surface area (Å²) < 4.78 is 5.91. The van der Waals surface area contributed by atoms with Crippen molar-refractivity contribution in [3.05, 3.63) is 0 Å². The van der Waals surface area contributed by atoms with Crippen LogP contribution in [0.3, 0.4) is 0 Å². The quantitative estimate of drug-likeness (QED) is 0.767. The molecule has 0 aromatic rings. The molecule has 1 spiro atoms. The minimum absolute atomic E-state index is 0.0134. The van der Waals surface area contributed by atoms with E-state index in [1.807, 2.05) is 11.8 Å². The highest BCUT2D eigenvalue weighted by Gasteiger charge is 2.45. The third kappa shape index (κ3) is 2.44. The first-order valence-corrected chi connectivity index (χ1v) is 7.11. The van der Waals surface area contributed by atoms with E-state index in [9.17, 15) is 9.90 Å². The molecule has 3 nitrogen and oxygen atoms in total. The Kier molecular flexibility index (Phi) is 3.62. The van der Waals surface area contributed by atoms with Gasteiger partial charge in [0.2, 0.25) is 0 Å². The molecule has 2 aliphatic rings. The van der Waals surface area contributed by atoms with Crippen LogP contribution >= 0.6 is 11.8 Å². The van der Waals surface area contributed by atoms with Crippen molar-refractivity contribution in [2.24, 2.45) is 5.92 Å². The Labute approximate surface area is 101 Å². The van der Waals surface area contributed by atoms with Crippen LogP contribution in [0, 0.1) is 5.92 Å². The van der Waals surface area contributed by atoms with E-state index < -0.39 is 5.60 Å². The molecule has 2 fully saturated rings. The summed E-state index contributed by atoms with van der Waals surface area (Å²) in [4.78, 5) is 10.6. The van der Waals surface area contributed by atoms with Crippen LogP contribution in [0.1, 0.15) is 32.6 Å². The minimum atomic E-state index is -0.855. The van der Waals surface area contributed by atoms with E-state index in [4.69, 9.17) is 4.74 Å². The first kappa shape index (κ1) is 12.4. The normalized spacial score (nSPS) is 38.5. The van der Waals surface area contributed by atoms with Gasteiger partial charge in [0.25, 0.3) is 0 Å². The predicted octanol–water partition coefficient (Wildman–Crippen LogP) is 1.63. The van der Waals surface area contributed by atoms with Gasteiger partial charge in [-0.3, -0.25) is 0 Å². The maximum atomic E-state index is 10.6. The molecule has 92 valence electrons. The Morgan fingerprint density at radius 2 is 2.50 bits per heavy atom. The number of rotatable bonds is 3. The van der Waals surface area contributed by atoms with Crippen LogP contribution in [-0.4, -0.2) is 40.7 Å². The zero-order valence-corrected chi connectivity index (χ0v) is 10.6. The smallest absolute Gasteiger partial charge is 0.122 e. The first-order valence-electron chi connectivity index (χ1n) is 5.96. The molecule has 0 aliphatic carbocycles. The van der Waals surface area contributed by atoms with Crippen LogP contribution in [0.5, 0.6) is 0 Å². The molecule has 2 rings (SSSR count). The SMILES string of the molecule is CC(O)(CC=O)C1CCOC2(CCSC2)C1. The second-order valence-corrected chi connectivity index (χ2v) is 6.36. The topological polar surface area (TPSA) is 46.5 Å². The van der Waals surface area contributed by atoms with Crippen LogP contribution in [-0.2, 0) is 9.53 Å². The fraction of sp³-hybridized carbons (Fsp3) is 0.917. The van der Waals surface area contributed by atoms with Gasteiger partial charge in [-0.2, -0.15) is 11.8 Å². The third-order valence-corrected chi connectivity index (χ3v) is 5.16. The summed E-state index contributed by atoms with van der Waals surface area (Å²) >= 11 is 1.93. The van der Waals surface area contributed by atoms with Crippen LogP contribution < -0.4 is 0 Å². The lowest BCUT2D eigenvalue weighted by Crippen LogP contribution is -2.47. The number of hydrogen-bond donors (Lipinski definition) is 1. The first-order chi connectivity index (χ1) is 7.58. The summed E-state index contributed by atoms with van der Waals surface area (Å²) in [6, 6.07) is 0. The third-order valence-electron chi connectivity index (χ3n) is 3.94. The van der Waals surface area contributed by atoms with Gasteiger partial charge in [0.05, 0.1) is 11.2 Å². The summed E-state index contributed by atoms with van der Waals surface area (Å²) in [7, 11) is 0. The van der Waals surface area contributed by atoms with E-state index in [1.54, 1.807) is 6.92 Å². The number of ether oxygens (including phenoxy) is 1. The lowest BCUT2D eigenvalue weighted by Gasteiger charge is -2.43. The Bertz CT molecular complexity index is 259. The van der Waals surface area contributed by atoms with Crippen molar-refractivity contribution in [1.82, 2.24) is 0 Å². The monoisotopic (exact) mass is 244 g/mol. The van der Waals surface area contributed by atoms with E-state index in [0.29, 0.717) is 0 Å². The average Bonchev–Trinajstić information content (AvgIpc) is 2.66. The second-order valence-electron chi connectivity index (χ2n) is 5.25. The Hall–Kier alpha value is -0.0600. The number of hydrogen-bond acceptors (Lipinski definition) is 4.